The van der Waals surface area contributed by atoms with Crippen LogP contribution in [-0.4, -0.2) is 42.0 Å². The number of nitrogens with zero attached hydrogens (tertiary/aromatic N) is 2. The van der Waals surface area contributed by atoms with Gasteiger partial charge in [-0.05, 0) is 55.7 Å². The number of morpholine rings is 1. The first kappa shape index (κ1) is 20.5. The Morgan fingerprint density at radius 2 is 1.79 bits per heavy atom. The van der Waals surface area contributed by atoms with Crippen molar-refractivity contribution in [2.45, 2.75) is 26.8 Å². The molecule has 1 atom stereocenters. The van der Waals surface area contributed by atoms with Gasteiger partial charge in [-0.3, -0.25) is 10.3 Å². The van der Waals surface area contributed by atoms with Crippen molar-refractivity contribution < 1.29 is 4.74 Å². The summed E-state index contributed by atoms with van der Waals surface area (Å²) in [5, 5.41) is 8.34. The fourth-order valence-corrected chi connectivity index (χ4v) is 3.58. The molecule has 2 aromatic carbocycles. The van der Waals surface area contributed by atoms with Crippen molar-refractivity contribution in [1.82, 2.24) is 10.3 Å². The molecule has 1 heterocycles. The fraction of sp³-hybridized carbons (Fsp3) is 0.364. The first-order chi connectivity index (χ1) is 13.6. The number of nitrogens with one attached hydrogen (secondary N) is 2. The molecule has 0 saturated carbocycles. The molecular formula is C22H28N4OS. The van der Waals surface area contributed by atoms with E-state index in [1.807, 2.05) is 25.1 Å². The van der Waals surface area contributed by atoms with Gasteiger partial charge in [0.25, 0.3) is 0 Å². The maximum Gasteiger partial charge on any atom is 0.191 e. The maximum atomic E-state index is 5.52. The van der Waals surface area contributed by atoms with E-state index in [2.05, 4.69) is 64.9 Å². The van der Waals surface area contributed by atoms with Crippen molar-refractivity contribution >= 4 is 28.7 Å². The second-order valence-corrected chi connectivity index (χ2v) is 7.44. The number of rotatable bonds is 5. The van der Waals surface area contributed by atoms with Crippen LogP contribution < -0.4 is 10.7 Å². The molecule has 0 aromatic heterocycles. The average Bonchev–Trinajstić information content (AvgIpc) is 2.72. The molecule has 0 spiro atoms. The zero-order valence-electron chi connectivity index (χ0n) is 16.7. The highest BCUT2D eigenvalue weighted by Gasteiger charge is 2.25. The lowest BCUT2D eigenvalue weighted by molar-refractivity contribution is 0.0285. The van der Waals surface area contributed by atoms with E-state index < -0.39 is 0 Å². The normalized spacial score (nSPS) is 16.5. The van der Waals surface area contributed by atoms with Gasteiger partial charge in [0.15, 0.2) is 5.11 Å². The number of thiocarbonyl (C=S) groups is 1. The standard InChI is InChI=1S/C22H28N4OS/c1-16-8-7-11-20(17(16)2)23-22(28)25-24-18(3)21(19-9-5-4-6-10-19)26-12-14-27-15-13-26/h4-11,21H,12-15H2,1-3H3,(H2,23,25,28)/b24-18-/t21-/m1/s1. The minimum Gasteiger partial charge on any atom is -0.379 e. The van der Waals surface area contributed by atoms with Crippen LogP contribution in [0.25, 0.3) is 0 Å². The van der Waals surface area contributed by atoms with E-state index in [1.54, 1.807) is 0 Å². The van der Waals surface area contributed by atoms with E-state index in [1.165, 1.54) is 16.7 Å². The van der Waals surface area contributed by atoms with E-state index in [-0.39, 0.29) is 6.04 Å². The molecule has 0 aliphatic carbocycles. The highest BCUT2D eigenvalue weighted by Crippen LogP contribution is 2.23. The summed E-state index contributed by atoms with van der Waals surface area (Å²) in [7, 11) is 0. The lowest BCUT2D eigenvalue weighted by atomic mass is 10.0. The molecule has 1 fully saturated rings. The first-order valence-corrected chi connectivity index (χ1v) is 10.0. The Bertz CT molecular complexity index is 832. The molecule has 3 rings (SSSR count). The molecule has 2 N–H and O–H groups in total. The van der Waals surface area contributed by atoms with Crippen molar-refractivity contribution in [2.24, 2.45) is 5.10 Å². The van der Waals surface area contributed by atoms with Crippen LogP contribution in [0.5, 0.6) is 0 Å². The van der Waals surface area contributed by atoms with Crippen LogP contribution in [0.1, 0.15) is 29.7 Å². The summed E-state index contributed by atoms with van der Waals surface area (Å²) >= 11 is 5.45. The Morgan fingerprint density at radius 3 is 2.50 bits per heavy atom. The van der Waals surface area contributed by atoms with Gasteiger partial charge in [0.1, 0.15) is 0 Å². The van der Waals surface area contributed by atoms with Crippen LogP contribution in [0.15, 0.2) is 53.6 Å². The molecule has 5 nitrogen and oxygen atoms in total. The predicted molar refractivity (Wildman–Crippen MR) is 120 cm³/mol. The van der Waals surface area contributed by atoms with E-state index in [0.717, 1.165) is 37.7 Å². The second-order valence-electron chi connectivity index (χ2n) is 7.03. The zero-order chi connectivity index (χ0) is 19.9. The quantitative estimate of drug-likeness (QED) is 0.454. The van der Waals surface area contributed by atoms with Crippen LogP contribution in [0.4, 0.5) is 5.69 Å². The van der Waals surface area contributed by atoms with E-state index in [9.17, 15) is 0 Å². The maximum absolute atomic E-state index is 5.52. The number of hydrazone groups is 1. The lowest BCUT2D eigenvalue weighted by Crippen LogP contribution is -2.42. The number of aryl methyl sites for hydroxylation is 1. The first-order valence-electron chi connectivity index (χ1n) is 9.60. The van der Waals surface area contributed by atoms with Crippen molar-refractivity contribution in [1.29, 1.82) is 0 Å². The minimum absolute atomic E-state index is 0.0982. The van der Waals surface area contributed by atoms with Gasteiger partial charge < -0.3 is 10.1 Å². The zero-order valence-corrected chi connectivity index (χ0v) is 17.6. The van der Waals surface area contributed by atoms with Crippen molar-refractivity contribution in [3.05, 3.63) is 65.2 Å². The topological polar surface area (TPSA) is 48.9 Å². The van der Waals surface area contributed by atoms with Gasteiger partial charge in [0.2, 0.25) is 0 Å². The Labute approximate surface area is 172 Å². The van der Waals surface area contributed by atoms with Crippen molar-refractivity contribution in [3.8, 4) is 0 Å². The molecular weight excluding hydrogens is 368 g/mol. The third-order valence-corrected chi connectivity index (χ3v) is 5.30. The molecule has 1 aliphatic heterocycles. The summed E-state index contributed by atoms with van der Waals surface area (Å²) in [6, 6.07) is 16.7. The summed E-state index contributed by atoms with van der Waals surface area (Å²) in [5.74, 6) is 0. The fourth-order valence-electron chi connectivity index (χ4n) is 3.42. The summed E-state index contributed by atoms with van der Waals surface area (Å²) in [4.78, 5) is 2.40. The Balaban J connectivity index is 1.72. The highest BCUT2D eigenvalue weighted by atomic mass is 32.1. The largest absolute Gasteiger partial charge is 0.379 e. The summed E-state index contributed by atoms with van der Waals surface area (Å²) < 4.78 is 5.52. The Hall–Kier alpha value is -2.28. The third kappa shape index (κ3) is 5.16. The van der Waals surface area contributed by atoms with E-state index >= 15 is 0 Å². The van der Waals surface area contributed by atoms with E-state index in [0.29, 0.717) is 5.11 Å². The molecule has 28 heavy (non-hydrogen) atoms. The molecule has 2 aromatic rings. The molecule has 1 saturated heterocycles. The molecule has 6 heteroatoms. The van der Waals surface area contributed by atoms with E-state index in [4.69, 9.17) is 17.0 Å². The number of ether oxygens (including phenoxy) is 1. The predicted octanol–water partition coefficient (Wildman–Crippen LogP) is 4.04. The van der Waals surface area contributed by atoms with Gasteiger partial charge in [0, 0.05) is 18.8 Å². The molecule has 1 aliphatic rings. The van der Waals surface area contributed by atoms with Crippen LogP contribution >= 0.6 is 12.2 Å². The lowest BCUT2D eigenvalue weighted by Gasteiger charge is -2.34. The number of anilines is 1. The number of hydrogen-bond donors (Lipinski definition) is 2. The Morgan fingerprint density at radius 1 is 1.07 bits per heavy atom. The van der Waals surface area contributed by atoms with Gasteiger partial charge in [-0.2, -0.15) is 5.10 Å². The van der Waals surface area contributed by atoms with Crippen LogP contribution in [-0.2, 0) is 4.74 Å². The smallest absolute Gasteiger partial charge is 0.191 e. The van der Waals surface area contributed by atoms with Gasteiger partial charge in [0.05, 0.1) is 25.0 Å². The molecule has 0 amide bonds. The molecule has 0 radical (unpaired) electrons. The third-order valence-electron chi connectivity index (χ3n) is 5.11. The van der Waals surface area contributed by atoms with Crippen LogP contribution in [0.3, 0.4) is 0 Å². The van der Waals surface area contributed by atoms with Gasteiger partial charge >= 0.3 is 0 Å². The van der Waals surface area contributed by atoms with Crippen LogP contribution in [0.2, 0.25) is 0 Å². The minimum atomic E-state index is 0.0982. The summed E-state index contributed by atoms with van der Waals surface area (Å²) in [6.45, 7) is 9.48. The second kappa shape index (κ2) is 9.78. The van der Waals surface area contributed by atoms with Gasteiger partial charge in [-0.15, -0.1) is 0 Å². The SMILES string of the molecule is C/C(=N/NC(=S)Nc1cccc(C)c1C)[C@H](c1ccccc1)N1CCOCC1. The molecule has 0 bridgehead atoms. The summed E-state index contributed by atoms with van der Waals surface area (Å²) in [5.41, 5.74) is 8.62. The van der Waals surface area contributed by atoms with Gasteiger partial charge in [-0.1, -0.05) is 42.5 Å². The Kier molecular flexibility index (Phi) is 7.14. The number of benzene rings is 2. The summed E-state index contributed by atoms with van der Waals surface area (Å²) in [6.07, 6.45) is 0. The highest BCUT2D eigenvalue weighted by molar-refractivity contribution is 7.80. The average molecular weight is 397 g/mol. The van der Waals surface area contributed by atoms with Crippen molar-refractivity contribution in [3.63, 3.8) is 0 Å². The van der Waals surface area contributed by atoms with Gasteiger partial charge in [-0.25, -0.2) is 0 Å². The molecule has 148 valence electrons. The molecule has 0 unspecified atom stereocenters. The number of hydrogen-bond acceptors (Lipinski definition) is 4. The van der Waals surface area contributed by atoms with Crippen LogP contribution in [0, 0.1) is 13.8 Å². The monoisotopic (exact) mass is 396 g/mol. The van der Waals surface area contributed by atoms with Crippen molar-refractivity contribution in [2.75, 3.05) is 31.6 Å².